The summed E-state index contributed by atoms with van der Waals surface area (Å²) in [6.45, 7) is 11.5. The zero-order valence-electron chi connectivity index (χ0n) is 16.9. The fourth-order valence-corrected chi connectivity index (χ4v) is 3.74. The van der Waals surface area contributed by atoms with E-state index in [1.807, 2.05) is 0 Å². The second kappa shape index (κ2) is 6.79. The van der Waals surface area contributed by atoms with E-state index >= 15 is 0 Å². The minimum Gasteiger partial charge on any atom is -0.497 e. The van der Waals surface area contributed by atoms with Crippen molar-refractivity contribution in [2.45, 2.75) is 51.9 Å². The van der Waals surface area contributed by atoms with Crippen molar-refractivity contribution in [1.82, 2.24) is 0 Å². The van der Waals surface area contributed by atoms with E-state index in [9.17, 15) is 0 Å². The minimum atomic E-state index is 0.0661. The molecule has 3 aromatic carbocycles. The van der Waals surface area contributed by atoms with Gasteiger partial charge in [-0.1, -0.05) is 83.1 Å². The fourth-order valence-electron chi connectivity index (χ4n) is 3.74. The van der Waals surface area contributed by atoms with Crippen molar-refractivity contribution < 1.29 is 4.74 Å². The van der Waals surface area contributed by atoms with Crippen molar-refractivity contribution in [3.63, 3.8) is 0 Å². The Balaban J connectivity index is 1.97. The van der Waals surface area contributed by atoms with Crippen LogP contribution in [-0.2, 0) is 17.3 Å². The van der Waals surface area contributed by atoms with Crippen molar-refractivity contribution in [2.75, 3.05) is 7.11 Å². The average molecular weight is 347 g/mol. The van der Waals surface area contributed by atoms with Crippen LogP contribution in [0.15, 0.2) is 60.7 Å². The van der Waals surface area contributed by atoms with Gasteiger partial charge in [-0.05, 0) is 56.8 Å². The van der Waals surface area contributed by atoms with Crippen LogP contribution in [0.25, 0.3) is 10.8 Å². The van der Waals surface area contributed by atoms with Crippen LogP contribution >= 0.6 is 0 Å². The molecular formula is C25H30O. The molecule has 0 atom stereocenters. The second-order valence-corrected chi connectivity index (χ2v) is 8.90. The number of benzene rings is 3. The number of fused-ring (bicyclic) bond motifs is 1. The van der Waals surface area contributed by atoms with E-state index < -0.39 is 0 Å². The second-order valence-electron chi connectivity index (χ2n) is 8.90. The molecule has 0 radical (unpaired) electrons. The quantitative estimate of drug-likeness (QED) is 0.513. The van der Waals surface area contributed by atoms with Crippen LogP contribution < -0.4 is 4.74 Å². The van der Waals surface area contributed by atoms with Crippen molar-refractivity contribution in [3.8, 4) is 5.75 Å². The summed E-state index contributed by atoms with van der Waals surface area (Å²) in [6.07, 6.45) is 1.01. The van der Waals surface area contributed by atoms with E-state index in [1.165, 1.54) is 27.5 Å². The lowest BCUT2D eigenvalue weighted by molar-refractivity contribution is 0.414. The van der Waals surface area contributed by atoms with Gasteiger partial charge in [0.2, 0.25) is 0 Å². The van der Waals surface area contributed by atoms with Gasteiger partial charge < -0.3 is 4.74 Å². The summed E-state index contributed by atoms with van der Waals surface area (Å²) in [7, 11) is 1.71. The van der Waals surface area contributed by atoms with Crippen LogP contribution in [0.5, 0.6) is 5.75 Å². The zero-order valence-corrected chi connectivity index (χ0v) is 16.9. The van der Waals surface area contributed by atoms with Gasteiger partial charge in [-0.3, -0.25) is 0 Å². The standard InChI is InChI=1S/C25H30O/c1-24(2,3)23-9-7-8-19-11-10-18(16-22(19)23)17-25(4,5)20-12-14-21(26-6)15-13-20/h7-16H,17H2,1-6H3. The van der Waals surface area contributed by atoms with Crippen molar-refractivity contribution >= 4 is 10.8 Å². The number of methoxy groups -OCH3 is 1. The van der Waals surface area contributed by atoms with Gasteiger partial charge >= 0.3 is 0 Å². The van der Waals surface area contributed by atoms with E-state index in [0.29, 0.717) is 0 Å². The van der Waals surface area contributed by atoms with Gasteiger partial charge in [0.1, 0.15) is 5.75 Å². The van der Waals surface area contributed by atoms with Crippen LogP contribution in [0.1, 0.15) is 51.3 Å². The minimum absolute atomic E-state index is 0.0661. The molecule has 0 N–H and O–H groups in total. The Bertz CT molecular complexity index is 896. The lowest BCUT2D eigenvalue weighted by Crippen LogP contribution is -2.20. The molecule has 0 bridgehead atoms. The summed E-state index contributed by atoms with van der Waals surface area (Å²) in [5.41, 5.74) is 4.34. The van der Waals surface area contributed by atoms with E-state index in [1.54, 1.807) is 7.11 Å². The maximum Gasteiger partial charge on any atom is 0.118 e. The van der Waals surface area contributed by atoms with Crippen LogP contribution in [-0.4, -0.2) is 7.11 Å². The number of ether oxygens (including phenoxy) is 1. The van der Waals surface area contributed by atoms with Crippen molar-refractivity contribution in [3.05, 3.63) is 77.4 Å². The molecule has 1 nitrogen and oxygen atoms in total. The molecule has 0 unspecified atom stereocenters. The molecule has 0 saturated heterocycles. The van der Waals surface area contributed by atoms with Crippen molar-refractivity contribution in [1.29, 1.82) is 0 Å². The zero-order chi connectivity index (χ0) is 18.9. The topological polar surface area (TPSA) is 9.23 Å². The Hall–Kier alpha value is -2.28. The molecular weight excluding hydrogens is 316 g/mol. The largest absolute Gasteiger partial charge is 0.497 e. The van der Waals surface area contributed by atoms with Gasteiger partial charge in [0.05, 0.1) is 7.11 Å². The first-order valence-corrected chi connectivity index (χ1v) is 9.37. The normalized spacial score (nSPS) is 12.4. The molecule has 136 valence electrons. The smallest absolute Gasteiger partial charge is 0.118 e. The van der Waals surface area contributed by atoms with Crippen molar-refractivity contribution in [2.24, 2.45) is 0 Å². The summed E-state index contributed by atoms with van der Waals surface area (Å²) in [5.74, 6) is 0.907. The molecule has 3 rings (SSSR count). The maximum atomic E-state index is 5.29. The monoisotopic (exact) mass is 346 g/mol. The Kier molecular flexibility index (Phi) is 4.84. The van der Waals surface area contributed by atoms with Gasteiger partial charge in [-0.2, -0.15) is 0 Å². The van der Waals surface area contributed by atoms with E-state index in [4.69, 9.17) is 4.74 Å². The molecule has 0 fully saturated rings. The third-order valence-electron chi connectivity index (χ3n) is 5.27. The SMILES string of the molecule is COc1ccc(C(C)(C)Cc2ccc3cccc(C(C)(C)C)c3c2)cc1. The highest BCUT2D eigenvalue weighted by Gasteiger charge is 2.22. The molecule has 0 aliphatic rings. The van der Waals surface area contributed by atoms with Crippen LogP contribution in [0.4, 0.5) is 0 Å². The first kappa shape index (κ1) is 18.5. The average Bonchev–Trinajstić information content (AvgIpc) is 2.60. The molecule has 0 aliphatic heterocycles. The first-order valence-electron chi connectivity index (χ1n) is 9.37. The van der Waals surface area contributed by atoms with Gasteiger partial charge in [-0.25, -0.2) is 0 Å². The fraction of sp³-hybridized carbons (Fsp3) is 0.360. The predicted molar refractivity (Wildman–Crippen MR) is 112 cm³/mol. The van der Waals surface area contributed by atoms with Crippen LogP contribution in [0, 0.1) is 0 Å². The molecule has 3 aromatic rings. The number of rotatable bonds is 4. The number of hydrogen-bond acceptors (Lipinski definition) is 1. The molecule has 26 heavy (non-hydrogen) atoms. The van der Waals surface area contributed by atoms with E-state index in [-0.39, 0.29) is 10.8 Å². The summed E-state index contributed by atoms with van der Waals surface area (Å²) in [5, 5.41) is 2.70. The molecule has 0 spiro atoms. The highest BCUT2D eigenvalue weighted by molar-refractivity contribution is 5.87. The van der Waals surface area contributed by atoms with Crippen LogP contribution in [0.3, 0.4) is 0 Å². The Labute approximate surface area is 158 Å². The lowest BCUT2D eigenvalue weighted by atomic mass is 9.78. The predicted octanol–water partition coefficient (Wildman–Crippen LogP) is 6.67. The Morgan fingerprint density at radius 3 is 2.12 bits per heavy atom. The first-order chi connectivity index (χ1) is 12.2. The van der Waals surface area contributed by atoms with Gasteiger partial charge in [0.25, 0.3) is 0 Å². The Morgan fingerprint density at radius 1 is 0.808 bits per heavy atom. The van der Waals surface area contributed by atoms with Gasteiger partial charge in [-0.15, -0.1) is 0 Å². The third-order valence-corrected chi connectivity index (χ3v) is 5.27. The molecule has 0 aromatic heterocycles. The van der Waals surface area contributed by atoms with Gasteiger partial charge in [0, 0.05) is 0 Å². The molecule has 0 amide bonds. The third kappa shape index (κ3) is 3.77. The molecule has 0 aliphatic carbocycles. The van der Waals surface area contributed by atoms with E-state index in [0.717, 1.165) is 12.2 Å². The highest BCUT2D eigenvalue weighted by atomic mass is 16.5. The highest BCUT2D eigenvalue weighted by Crippen LogP contribution is 2.33. The van der Waals surface area contributed by atoms with E-state index in [2.05, 4.69) is 95.3 Å². The lowest BCUT2D eigenvalue weighted by Gasteiger charge is -2.27. The number of hydrogen-bond donors (Lipinski definition) is 0. The summed E-state index contributed by atoms with van der Waals surface area (Å²) in [4.78, 5) is 0. The molecule has 0 heterocycles. The maximum absolute atomic E-state index is 5.29. The van der Waals surface area contributed by atoms with Gasteiger partial charge in [0.15, 0.2) is 0 Å². The summed E-state index contributed by atoms with van der Waals surface area (Å²) in [6, 6.07) is 22.0. The summed E-state index contributed by atoms with van der Waals surface area (Å²) < 4.78 is 5.29. The molecule has 0 saturated carbocycles. The molecule has 1 heteroatoms. The summed E-state index contributed by atoms with van der Waals surface area (Å²) >= 11 is 0. The van der Waals surface area contributed by atoms with Crippen LogP contribution in [0.2, 0.25) is 0 Å². The Morgan fingerprint density at radius 2 is 1.50 bits per heavy atom.